The molecule has 1 fully saturated rings. The highest BCUT2D eigenvalue weighted by Crippen LogP contribution is 2.28. The van der Waals surface area contributed by atoms with Gasteiger partial charge in [0.25, 0.3) is 5.91 Å². The summed E-state index contributed by atoms with van der Waals surface area (Å²) in [5, 5.41) is 9.08. The number of carboxylic acids is 1. The lowest BCUT2D eigenvalue weighted by atomic mass is 10.1. The molecule has 1 aromatic rings. The Labute approximate surface area is 124 Å². The number of hydrogen-bond acceptors (Lipinski definition) is 3. The second-order valence-corrected chi connectivity index (χ2v) is 5.68. The molecule has 0 atom stereocenters. The maximum Gasteiger partial charge on any atom is 0.352 e. The normalized spacial score (nSPS) is 14.2. The topological polar surface area (TPSA) is 82.6 Å². The van der Waals surface area contributed by atoms with Gasteiger partial charge in [-0.25, -0.2) is 4.79 Å². The number of ether oxygens (including phenoxy) is 1. The van der Waals surface area contributed by atoms with E-state index in [1.807, 2.05) is 0 Å². The fourth-order valence-corrected chi connectivity index (χ4v) is 2.31. The molecule has 2 rings (SSSR count). The number of rotatable bonds is 7. The summed E-state index contributed by atoms with van der Waals surface area (Å²) >= 11 is 0. The maximum absolute atomic E-state index is 12.4. The average Bonchev–Trinajstić information content (AvgIpc) is 3.19. The molecular formula is C15H22N2O4. The lowest BCUT2D eigenvalue weighted by molar-refractivity contribution is 0.0680. The van der Waals surface area contributed by atoms with Gasteiger partial charge >= 0.3 is 5.97 Å². The molecule has 1 saturated carbocycles. The first-order valence-corrected chi connectivity index (χ1v) is 7.17. The highest BCUT2D eigenvalue weighted by Gasteiger charge is 2.24. The van der Waals surface area contributed by atoms with Crippen LogP contribution in [0.4, 0.5) is 0 Å². The Balaban J connectivity index is 1.96. The van der Waals surface area contributed by atoms with Gasteiger partial charge in [-0.1, -0.05) is 0 Å². The lowest BCUT2D eigenvalue weighted by Crippen LogP contribution is -2.31. The van der Waals surface area contributed by atoms with Gasteiger partial charge in [-0.05, 0) is 38.2 Å². The van der Waals surface area contributed by atoms with Gasteiger partial charge in [-0.3, -0.25) is 4.79 Å². The first-order valence-electron chi connectivity index (χ1n) is 7.17. The SMILES string of the molecule is Cc1[nH]c(C(=O)O)c(C)c1C(=O)N(C)CCOCC1CC1. The van der Waals surface area contributed by atoms with Crippen molar-refractivity contribution >= 4 is 11.9 Å². The minimum absolute atomic E-state index is 0.0780. The summed E-state index contributed by atoms with van der Waals surface area (Å²) in [6.07, 6.45) is 2.49. The van der Waals surface area contributed by atoms with Crippen molar-refractivity contribution in [2.24, 2.45) is 5.92 Å². The molecule has 0 bridgehead atoms. The largest absolute Gasteiger partial charge is 0.477 e. The van der Waals surface area contributed by atoms with Crippen molar-refractivity contribution in [2.45, 2.75) is 26.7 Å². The molecule has 1 amide bonds. The van der Waals surface area contributed by atoms with Crippen LogP contribution in [0.25, 0.3) is 0 Å². The smallest absolute Gasteiger partial charge is 0.352 e. The van der Waals surface area contributed by atoms with Crippen LogP contribution in [0, 0.1) is 19.8 Å². The van der Waals surface area contributed by atoms with E-state index in [9.17, 15) is 9.59 Å². The van der Waals surface area contributed by atoms with Crippen molar-refractivity contribution in [1.29, 1.82) is 0 Å². The summed E-state index contributed by atoms with van der Waals surface area (Å²) in [5.41, 5.74) is 1.59. The van der Waals surface area contributed by atoms with E-state index in [1.54, 1.807) is 25.8 Å². The van der Waals surface area contributed by atoms with Crippen LogP contribution >= 0.6 is 0 Å². The Kier molecular flexibility index (Phi) is 4.67. The maximum atomic E-state index is 12.4. The number of hydrogen-bond donors (Lipinski definition) is 2. The van der Waals surface area contributed by atoms with Gasteiger partial charge in [-0.15, -0.1) is 0 Å². The van der Waals surface area contributed by atoms with Crippen LogP contribution in [-0.2, 0) is 4.74 Å². The summed E-state index contributed by atoms with van der Waals surface area (Å²) in [5.74, 6) is -0.521. The van der Waals surface area contributed by atoms with Gasteiger partial charge in [0.1, 0.15) is 5.69 Å². The summed E-state index contributed by atoms with van der Waals surface area (Å²) in [6, 6.07) is 0. The molecule has 1 heterocycles. The molecule has 6 heteroatoms. The molecule has 6 nitrogen and oxygen atoms in total. The van der Waals surface area contributed by atoms with Crippen LogP contribution in [0.5, 0.6) is 0 Å². The summed E-state index contributed by atoms with van der Waals surface area (Å²) in [7, 11) is 1.70. The molecule has 1 aromatic heterocycles. The number of amides is 1. The third-order valence-electron chi connectivity index (χ3n) is 3.83. The number of nitrogens with one attached hydrogen (secondary N) is 1. The number of carboxylic acid groups (broad SMARTS) is 1. The van der Waals surface area contributed by atoms with Crippen LogP contribution < -0.4 is 0 Å². The molecule has 0 unspecified atom stereocenters. The molecule has 0 radical (unpaired) electrons. The number of aromatic amines is 1. The van der Waals surface area contributed by atoms with E-state index < -0.39 is 5.97 Å². The Morgan fingerprint density at radius 1 is 1.38 bits per heavy atom. The Morgan fingerprint density at radius 2 is 2.05 bits per heavy atom. The van der Waals surface area contributed by atoms with Crippen LogP contribution in [-0.4, -0.2) is 53.7 Å². The second-order valence-electron chi connectivity index (χ2n) is 5.68. The van der Waals surface area contributed by atoms with Crippen molar-refractivity contribution in [3.8, 4) is 0 Å². The van der Waals surface area contributed by atoms with E-state index in [0.29, 0.717) is 35.9 Å². The van der Waals surface area contributed by atoms with Gasteiger partial charge < -0.3 is 19.7 Å². The van der Waals surface area contributed by atoms with Crippen molar-refractivity contribution < 1.29 is 19.4 Å². The minimum Gasteiger partial charge on any atom is -0.477 e. The number of aromatic nitrogens is 1. The quantitative estimate of drug-likeness (QED) is 0.752. The summed E-state index contributed by atoms with van der Waals surface area (Å²) in [4.78, 5) is 27.8. The Bertz CT molecular complexity index is 546. The van der Waals surface area contributed by atoms with Crippen molar-refractivity contribution in [3.05, 3.63) is 22.5 Å². The third-order valence-corrected chi connectivity index (χ3v) is 3.83. The number of nitrogens with zero attached hydrogens (tertiary/aromatic N) is 1. The zero-order valence-corrected chi connectivity index (χ0v) is 12.7. The molecular weight excluding hydrogens is 272 g/mol. The van der Waals surface area contributed by atoms with Crippen LogP contribution in [0.2, 0.25) is 0 Å². The van der Waals surface area contributed by atoms with Gasteiger partial charge in [-0.2, -0.15) is 0 Å². The van der Waals surface area contributed by atoms with E-state index in [2.05, 4.69) is 4.98 Å². The third kappa shape index (κ3) is 3.64. The summed E-state index contributed by atoms with van der Waals surface area (Å²) in [6.45, 7) is 5.14. The molecule has 1 aliphatic carbocycles. The predicted molar refractivity (Wildman–Crippen MR) is 77.7 cm³/mol. The fraction of sp³-hybridized carbons (Fsp3) is 0.600. The van der Waals surface area contributed by atoms with Crippen LogP contribution in [0.1, 0.15) is 44.9 Å². The fourth-order valence-electron chi connectivity index (χ4n) is 2.31. The molecule has 0 aliphatic heterocycles. The van der Waals surface area contributed by atoms with Gasteiger partial charge in [0.2, 0.25) is 0 Å². The highest BCUT2D eigenvalue weighted by atomic mass is 16.5. The number of likely N-dealkylation sites (N-methyl/N-ethyl adjacent to an activating group) is 1. The van der Waals surface area contributed by atoms with Crippen molar-refractivity contribution in [2.75, 3.05) is 26.8 Å². The van der Waals surface area contributed by atoms with Gasteiger partial charge in [0.15, 0.2) is 0 Å². The Morgan fingerprint density at radius 3 is 2.57 bits per heavy atom. The summed E-state index contributed by atoms with van der Waals surface area (Å²) < 4.78 is 5.52. The Hall–Kier alpha value is -1.82. The zero-order chi connectivity index (χ0) is 15.6. The van der Waals surface area contributed by atoms with Crippen molar-refractivity contribution in [1.82, 2.24) is 9.88 Å². The number of H-pyrrole nitrogens is 1. The van der Waals surface area contributed by atoms with E-state index in [-0.39, 0.29) is 11.6 Å². The molecule has 0 saturated heterocycles. The van der Waals surface area contributed by atoms with E-state index in [4.69, 9.17) is 9.84 Å². The number of aromatic carboxylic acids is 1. The van der Waals surface area contributed by atoms with Gasteiger partial charge in [0.05, 0.1) is 12.2 Å². The molecule has 1 aliphatic rings. The molecule has 21 heavy (non-hydrogen) atoms. The van der Waals surface area contributed by atoms with E-state index in [0.717, 1.165) is 6.61 Å². The van der Waals surface area contributed by atoms with Crippen LogP contribution in [0.3, 0.4) is 0 Å². The lowest BCUT2D eigenvalue weighted by Gasteiger charge is -2.17. The zero-order valence-electron chi connectivity index (χ0n) is 12.7. The minimum atomic E-state index is -1.05. The average molecular weight is 294 g/mol. The molecule has 0 aromatic carbocycles. The van der Waals surface area contributed by atoms with E-state index in [1.165, 1.54) is 12.8 Å². The number of aryl methyl sites for hydroxylation is 1. The number of carbonyl (C=O) groups is 2. The molecule has 0 spiro atoms. The van der Waals surface area contributed by atoms with Crippen LogP contribution in [0.15, 0.2) is 0 Å². The molecule has 2 N–H and O–H groups in total. The monoisotopic (exact) mass is 294 g/mol. The van der Waals surface area contributed by atoms with Gasteiger partial charge in [0, 0.05) is 25.9 Å². The molecule has 116 valence electrons. The standard InChI is InChI=1S/C15H22N2O4/c1-9-12(10(2)16-13(9)15(19)20)14(18)17(3)6-7-21-8-11-4-5-11/h11,16H,4-8H2,1-3H3,(H,19,20). The second kappa shape index (κ2) is 6.30. The predicted octanol–water partition coefficient (Wildman–Crippen LogP) is 1.83. The number of carbonyl (C=O) groups excluding carboxylic acids is 1. The van der Waals surface area contributed by atoms with Crippen molar-refractivity contribution in [3.63, 3.8) is 0 Å². The highest BCUT2D eigenvalue weighted by molar-refractivity contribution is 6.00. The first kappa shape index (κ1) is 15.6. The van der Waals surface area contributed by atoms with E-state index >= 15 is 0 Å². The first-order chi connectivity index (χ1) is 9.91.